The summed E-state index contributed by atoms with van der Waals surface area (Å²) in [6, 6.07) is 17.4. The molecule has 0 atom stereocenters. The number of nitrogens with zero attached hydrogens (tertiary/aromatic N) is 2. The second kappa shape index (κ2) is 11.9. The highest BCUT2D eigenvalue weighted by atomic mass is 35.5. The molecule has 1 aliphatic heterocycles. The van der Waals surface area contributed by atoms with Crippen molar-refractivity contribution in [2.75, 3.05) is 13.2 Å². The molecule has 0 spiro atoms. The Labute approximate surface area is 227 Å². The van der Waals surface area contributed by atoms with Gasteiger partial charge in [-0.3, -0.25) is 29.4 Å². The quantitative estimate of drug-likeness (QED) is 0.127. The molecule has 4 rings (SSSR count). The number of nitro benzene ring substituents is 1. The van der Waals surface area contributed by atoms with Gasteiger partial charge in [0.25, 0.3) is 16.8 Å². The number of ether oxygens (including phenoxy) is 2. The zero-order chi connectivity index (χ0) is 27.2. The van der Waals surface area contributed by atoms with Gasteiger partial charge in [-0.15, -0.1) is 0 Å². The molecule has 0 aliphatic carbocycles. The van der Waals surface area contributed by atoms with Crippen molar-refractivity contribution >= 4 is 52.1 Å². The summed E-state index contributed by atoms with van der Waals surface area (Å²) in [6.07, 6.45) is 1.55. The van der Waals surface area contributed by atoms with E-state index in [1.165, 1.54) is 24.3 Å². The lowest BCUT2D eigenvalue weighted by molar-refractivity contribution is -0.384. The second-order valence-corrected chi connectivity index (χ2v) is 9.48. The van der Waals surface area contributed by atoms with Gasteiger partial charge in [-0.25, -0.2) is 0 Å². The molecule has 1 fully saturated rings. The number of hydrogen-bond acceptors (Lipinski definition) is 8. The number of benzene rings is 3. The number of ketones is 1. The number of nitro groups is 1. The number of amides is 2. The van der Waals surface area contributed by atoms with Gasteiger partial charge < -0.3 is 9.47 Å². The number of rotatable bonds is 10. The topological polar surface area (TPSA) is 116 Å². The molecule has 1 aliphatic rings. The number of thioether (sulfide) groups is 1. The summed E-state index contributed by atoms with van der Waals surface area (Å²) in [7, 11) is 0. The Balaban J connectivity index is 1.48. The van der Waals surface area contributed by atoms with E-state index < -0.39 is 16.1 Å². The average molecular weight is 553 g/mol. The third-order valence-corrected chi connectivity index (χ3v) is 6.58. The summed E-state index contributed by atoms with van der Waals surface area (Å²) in [6.45, 7) is 1.86. The van der Waals surface area contributed by atoms with Crippen LogP contribution in [0.5, 0.6) is 11.5 Å². The SMILES string of the molecule is CCOc1cc(/C=C2/SC(=O)N(CC(=O)c3ccc(Cl)cc3)C2=O)ccc1OCc1cccc([N+](=O)[O-])c1. The van der Waals surface area contributed by atoms with E-state index in [-0.39, 0.29) is 29.5 Å². The minimum absolute atomic E-state index is 0.0321. The molecule has 11 heteroatoms. The van der Waals surface area contributed by atoms with E-state index in [9.17, 15) is 24.5 Å². The number of carbonyl (C=O) groups is 3. The smallest absolute Gasteiger partial charge is 0.293 e. The fraction of sp³-hybridized carbons (Fsp3) is 0.148. The normalized spacial score (nSPS) is 14.2. The summed E-state index contributed by atoms with van der Waals surface area (Å²) in [5.41, 5.74) is 1.52. The first-order valence-corrected chi connectivity index (χ1v) is 12.6. The molecule has 38 heavy (non-hydrogen) atoms. The Morgan fingerprint density at radius 2 is 1.82 bits per heavy atom. The third kappa shape index (κ3) is 6.39. The Bertz CT molecular complexity index is 1440. The Hall–Kier alpha value is -4.15. The van der Waals surface area contributed by atoms with Crippen LogP contribution >= 0.6 is 23.4 Å². The van der Waals surface area contributed by atoms with Crippen LogP contribution in [0.15, 0.2) is 71.6 Å². The molecule has 3 aromatic carbocycles. The summed E-state index contributed by atoms with van der Waals surface area (Å²) in [5.74, 6) is -0.124. The number of halogens is 1. The van der Waals surface area contributed by atoms with Gasteiger partial charge in [-0.05, 0) is 72.3 Å². The van der Waals surface area contributed by atoms with Crippen molar-refractivity contribution in [1.82, 2.24) is 4.90 Å². The third-order valence-electron chi connectivity index (χ3n) is 5.42. The monoisotopic (exact) mass is 552 g/mol. The van der Waals surface area contributed by atoms with Crippen molar-refractivity contribution in [2.45, 2.75) is 13.5 Å². The highest BCUT2D eigenvalue weighted by molar-refractivity contribution is 8.18. The van der Waals surface area contributed by atoms with Gasteiger partial charge >= 0.3 is 0 Å². The Morgan fingerprint density at radius 1 is 1.05 bits per heavy atom. The fourth-order valence-corrected chi connectivity index (χ4v) is 4.55. The van der Waals surface area contributed by atoms with E-state index in [1.54, 1.807) is 55.5 Å². The van der Waals surface area contributed by atoms with Gasteiger partial charge in [0.2, 0.25) is 0 Å². The van der Waals surface area contributed by atoms with Gasteiger partial charge in [-0.2, -0.15) is 0 Å². The summed E-state index contributed by atoms with van der Waals surface area (Å²) in [4.78, 5) is 49.5. The van der Waals surface area contributed by atoms with Crippen molar-refractivity contribution in [3.8, 4) is 11.5 Å². The van der Waals surface area contributed by atoms with Gasteiger partial charge in [0.05, 0.1) is 23.0 Å². The number of Topliss-reactive ketones (excluding diaryl/α,β-unsaturated/α-hetero) is 1. The van der Waals surface area contributed by atoms with E-state index in [2.05, 4.69) is 0 Å². The minimum Gasteiger partial charge on any atom is -0.490 e. The maximum absolute atomic E-state index is 12.9. The van der Waals surface area contributed by atoms with Gasteiger partial charge in [0, 0.05) is 22.7 Å². The van der Waals surface area contributed by atoms with Crippen LogP contribution in [0, 0.1) is 10.1 Å². The highest BCUT2D eigenvalue weighted by Crippen LogP contribution is 2.35. The summed E-state index contributed by atoms with van der Waals surface area (Å²) in [5, 5.41) is 10.9. The van der Waals surface area contributed by atoms with E-state index in [0.29, 0.717) is 39.8 Å². The second-order valence-electron chi connectivity index (χ2n) is 8.05. The summed E-state index contributed by atoms with van der Waals surface area (Å²) < 4.78 is 11.5. The van der Waals surface area contributed by atoms with Crippen LogP contribution in [-0.2, 0) is 11.4 Å². The molecule has 1 heterocycles. The summed E-state index contributed by atoms with van der Waals surface area (Å²) >= 11 is 6.60. The molecular weight excluding hydrogens is 532 g/mol. The number of carbonyl (C=O) groups excluding carboxylic acids is 3. The van der Waals surface area contributed by atoms with Crippen LogP contribution in [0.1, 0.15) is 28.4 Å². The maximum atomic E-state index is 12.9. The molecule has 0 N–H and O–H groups in total. The van der Waals surface area contributed by atoms with E-state index in [0.717, 1.165) is 16.7 Å². The molecule has 0 radical (unpaired) electrons. The molecular formula is C27H21ClN2O7S. The molecule has 194 valence electrons. The van der Waals surface area contributed by atoms with Crippen LogP contribution in [-0.4, -0.2) is 39.9 Å². The van der Waals surface area contributed by atoms with Crippen LogP contribution in [0.25, 0.3) is 6.08 Å². The van der Waals surface area contributed by atoms with Crippen LogP contribution < -0.4 is 9.47 Å². The molecule has 9 nitrogen and oxygen atoms in total. The largest absolute Gasteiger partial charge is 0.490 e. The molecule has 2 amide bonds. The zero-order valence-corrected chi connectivity index (χ0v) is 21.7. The zero-order valence-electron chi connectivity index (χ0n) is 20.1. The van der Waals surface area contributed by atoms with E-state index >= 15 is 0 Å². The molecule has 1 saturated heterocycles. The molecule has 0 bridgehead atoms. The van der Waals surface area contributed by atoms with Crippen molar-refractivity contribution in [2.24, 2.45) is 0 Å². The molecule has 0 aromatic heterocycles. The highest BCUT2D eigenvalue weighted by Gasteiger charge is 2.36. The van der Waals surface area contributed by atoms with Gasteiger partial charge in [-0.1, -0.05) is 29.8 Å². The van der Waals surface area contributed by atoms with Crippen LogP contribution in [0.2, 0.25) is 5.02 Å². The predicted molar refractivity (Wildman–Crippen MR) is 143 cm³/mol. The number of imide groups is 1. The lowest BCUT2D eigenvalue weighted by Crippen LogP contribution is -2.33. The molecule has 0 saturated carbocycles. The van der Waals surface area contributed by atoms with Crippen LogP contribution in [0.3, 0.4) is 0 Å². The average Bonchev–Trinajstić information content (AvgIpc) is 3.16. The van der Waals surface area contributed by atoms with Crippen molar-refractivity contribution < 1.29 is 28.8 Å². The minimum atomic E-state index is -0.564. The van der Waals surface area contributed by atoms with Gasteiger partial charge in [0.1, 0.15) is 6.61 Å². The van der Waals surface area contributed by atoms with Crippen LogP contribution in [0.4, 0.5) is 10.5 Å². The predicted octanol–water partition coefficient (Wildman–Crippen LogP) is 6.15. The lowest BCUT2D eigenvalue weighted by Gasteiger charge is -2.13. The molecule has 0 unspecified atom stereocenters. The Morgan fingerprint density at radius 3 is 2.53 bits per heavy atom. The van der Waals surface area contributed by atoms with Crippen molar-refractivity contribution in [3.63, 3.8) is 0 Å². The first-order chi connectivity index (χ1) is 18.2. The molecule has 3 aromatic rings. The first kappa shape index (κ1) is 26.9. The fourth-order valence-electron chi connectivity index (χ4n) is 3.58. The number of non-ortho nitro benzene ring substituents is 1. The maximum Gasteiger partial charge on any atom is 0.293 e. The number of hydrogen-bond donors (Lipinski definition) is 0. The lowest BCUT2D eigenvalue weighted by atomic mass is 10.1. The van der Waals surface area contributed by atoms with E-state index in [4.69, 9.17) is 21.1 Å². The van der Waals surface area contributed by atoms with Crippen molar-refractivity contribution in [1.29, 1.82) is 0 Å². The van der Waals surface area contributed by atoms with Gasteiger partial charge in [0.15, 0.2) is 17.3 Å². The standard InChI is InChI=1S/C27H21ClN2O7S/c1-2-36-24-13-17(6-11-23(24)37-16-18-4-3-5-21(12-18)30(34)35)14-25-26(32)29(27(33)38-25)15-22(31)19-7-9-20(28)10-8-19/h3-14H,2,15-16H2,1H3/b25-14+. The van der Waals surface area contributed by atoms with Crippen molar-refractivity contribution in [3.05, 3.63) is 103 Å². The van der Waals surface area contributed by atoms with E-state index in [1.807, 2.05) is 0 Å². The Kier molecular flexibility index (Phi) is 8.45. The first-order valence-electron chi connectivity index (χ1n) is 11.4.